The fourth-order valence-electron chi connectivity index (χ4n) is 2.07. The van der Waals surface area contributed by atoms with Crippen LogP contribution in [0.5, 0.6) is 0 Å². The molecule has 0 radical (unpaired) electrons. The molecule has 3 nitrogen and oxygen atoms in total. The average Bonchev–Trinajstić information content (AvgIpc) is 2.66. The van der Waals surface area contributed by atoms with E-state index in [0.29, 0.717) is 13.2 Å². The zero-order valence-corrected chi connectivity index (χ0v) is 11.0. The summed E-state index contributed by atoms with van der Waals surface area (Å²) in [5, 5.41) is 13.0. The third-order valence-electron chi connectivity index (χ3n) is 3.00. The Hall–Kier alpha value is -0.120. The predicted octanol–water partition coefficient (Wildman–Crippen LogP) is 1.94. The minimum absolute atomic E-state index is 0.160. The molecule has 0 aromatic heterocycles. The van der Waals surface area contributed by atoms with Gasteiger partial charge in [0.1, 0.15) is 0 Å². The van der Waals surface area contributed by atoms with Crippen molar-refractivity contribution in [3.63, 3.8) is 0 Å². The molecule has 0 aliphatic heterocycles. The Labute approximate surface area is 99.6 Å². The summed E-state index contributed by atoms with van der Waals surface area (Å²) in [7, 11) is 0. The topological polar surface area (TPSA) is 41.5 Å². The molecule has 1 aliphatic carbocycles. The Kier molecular flexibility index (Phi) is 5.73. The molecule has 3 heteroatoms. The first-order valence-electron chi connectivity index (χ1n) is 6.50. The van der Waals surface area contributed by atoms with Crippen LogP contribution in [0.25, 0.3) is 0 Å². The molecule has 2 N–H and O–H groups in total. The van der Waals surface area contributed by atoms with Crippen molar-refractivity contribution >= 4 is 0 Å². The van der Waals surface area contributed by atoms with Crippen molar-refractivity contribution in [1.82, 2.24) is 5.32 Å². The SMILES string of the molecule is CC(C)(C)OCC(O)CNCC1CCCC1. The van der Waals surface area contributed by atoms with Gasteiger partial charge < -0.3 is 15.2 Å². The summed E-state index contributed by atoms with van der Waals surface area (Å²) < 4.78 is 5.52. The lowest BCUT2D eigenvalue weighted by atomic mass is 10.1. The zero-order valence-electron chi connectivity index (χ0n) is 11.0. The van der Waals surface area contributed by atoms with Gasteiger partial charge >= 0.3 is 0 Å². The van der Waals surface area contributed by atoms with Crippen molar-refractivity contribution in [2.24, 2.45) is 5.92 Å². The third-order valence-corrected chi connectivity index (χ3v) is 3.00. The van der Waals surface area contributed by atoms with Crippen molar-refractivity contribution in [3.05, 3.63) is 0 Å². The van der Waals surface area contributed by atoms with E-state index in [1.165, 1.54) is 25.7 Å². The Morgan fingerprint density at radius 3 is 2.50 bits per heavy atom. The molecule has 0 aromatic carbocycles. The highest BCUT2D eigenvalue weighted by Crippen LogP contribution is 2.23. The Balaban J connectivity index is 1.99. The lowest BCUT2D eigenvalue weighted by Crippen LogP contribution is -2.35. The molecule has 1 aliphatic rings. The number of ether oxygens (including phenoxy) is 1. The van der Waals surface area contributed by atoms with Crippen LogP contribution in [0.15, 0.2) is 0 Å². The molecule has 96 valence electrons. The third kappa shape index (κ3) is 6.46. The molecule has 0 amide bonds. The quantitative estimate of drug-likeness (QED) is 0.731. The van der Waals surface area contributed by atoms with E-state index in [4.69, 9.17) is 4.74 Å². The molecule has 0 heterocycles. The molecule has 0 spiro atoms. The predicted molar refractivity (Wildman–Crippen MR) is 66.5 cm³/mol. The van der Waals surface area contributed by atoms with Gasteiger partial charge in [-0.1, -0.05) is 12.8 Å². The van der Waals surface area contributed by atoms with Crippen LogP contribution >= 0.6 is 0 Å². The van der Waals surface area contributed by atoms with Crippen LogP contribution in [0.1, 0.15) is 46.5 Å². The molecule has 16 heavy (non-hydrogen) atoms. The fourth-order valence-corrected chi connectivity index (χ4v) is 2.07. The first-order valence-corrected chi connectivity index (χ1v) is 6.50. The van der Waals surface area contributed by atoms with E-state index in [9.17, 15) is 5.11 Å². The number of aliphatic hydroxyl groups excluding tert-OH is 1. The Bertz CT molecular complexity index is 183. The van der Waals surface area contributed by atoms with Gasteiger partial charge in [-0.05, 0) is 46.1 Å². The summed E-state index contributed by atoms with van der Waals surface area (Å²) in [5.41, 5.74) is -0.160. The van der Waals surface area contributed by atoms with Crippen LogP contribution in [-0.2, 0) is 4.74 Å². The van der Waals surface area contributed by atoms with Crippen molar-refractivity contribution in [1.29, 1.82) is 0 Å². The summed E-state index contributed by atoms with van der Waals surface area (Å²) in [5.74, 6) is 0.829. The van der Waals surface area contributed by atoms with Gasteiger partial charge in [0.15, 0.2) is 0 Å². The molecule has 0 aromatic rings. The molecule has 0 bridgehead atoms. The van der Waals surface area contributed by atoms with E-state index < -0.39 is 0 Å². The maximum absolute atomic E-state index is 9.70. The minimum atomic E-state index is -0.388. The van der Waals surface area contributed by atoms with E-state index in [2.05, 4.69) is 5.32 Å². The maximum atomic E-state index is 9.70. The van der Waals surface area contributed by atoms with Crippen LogP contribution in [0.4, 0.5) is 0 Å². The molecule has 1 saturated carbocycles. The van der Waals surface area contributed by atoms with Gasteiger partial charge in [-0.2, -0.15) is 0 Å². The summed E-state index contributed by atoms with van der Waals surface area (Å²) in [6.07, 6.45) is 5.06. The summed E-state index contributed by atoms with van der Waals surface area (Å²) in [4.78, 5) is 0. The fraction of sp³-hybridized carbons (Fsp3) is 1.00. The van der Waals surface area contributed by atoms with E-state index in [1.54, 1.807) is 0 Å². The summed E-state index contributed by atoms with van der Waals surface area (Å²) in [6, 6.07) is 0. The van der Waals surface area contributed by atoms with Crippen LogP contribution < -0.4 is 5.32 Å². The van der Waals surface area contributed by atoms with Crippen molar-refractivity contribution < 1.29 is 9.84 Å². The number of nitrogens with one attached hydrogen (secondary N) is 1. The van der Waals surface area contributed by atoms with E-state index in [-0.39, 0.29) is 11.7 Å². The van der Waals surface area contributed by atoms with Crippen LogP contribution in [0, 0.1) is 5.92 Å². The van der Waals surface area contributed by atoms with E-state index in [0.717, 1.165) is 12.5 Å². The molecular weight excluding hydrogens is 202 g/mol. The molecule has 0 saturated heterocycles. The molecule has 1 unspecified atom stereocenters. The highest BCUT2D eigenvalue weighted by atomic mass is 16.5. The standard InChI is InChI=1S/C13H27NO2/c1-13(2,3)16-10-12(15)9-14-8-11-6-4-5-7-11/h11-12,14-15H,4-10H2,1-3H3. The van der Waals surface area contributed by atoms with Gasteiger partial charge in [0, 0.05) is 6.54 Å². The van der Waals surface area contributed by atoms with Gasteiger partial charge in [-0.3, -0.25) is 0 Å². The lowest BCUT2D eigenvalue weighted by Gasteiger charge is -2.22. The number of hydrogen-bond donors (Lipinski definition) is 2. The van der Waals surface area contributed by atoms with Crippen LogP contribution in [-0.4, -0.2) is 36.5 Å². The van der Waals surface area contributed by atoms with Crippen LogP contribution in [0.3, 0.4) is 0 Å². The number of rotatable bonds is 6. The second kappa shape index (κ2) is 6.58. The monoisotopic (exact) mass is 229 g/mol. The first kappa shape index (κ1) is 13.9. The van der Waals surface area contributed by atoms with Gasteiger partial charge in [0.05, 0.1) is 18.3 Å². The summed E-state index contributed by atoms with van der Waals surface area (Å²) >= 11 is 0. The van der Waals surface area contributed by atoms with Crippen LogP contribution in [0.2, 0.25) is 0 Å². The highest BCUT2D eigenvalue weighted by molar-refractivity contribution is 4.71. The first-order chi connectivity index (χ1) is 7.47. The Morgan fingerprint density at radius 1 is 1.31 bits per heavy atom. The number of aliphatic hydroxyl groups is 1. The smallest absolute Gasteiger partial charge is 0.0897 e. The van der Waals surface area contributed by atoms with E-state index >= 15 is 0 Å². The van der Waals surface area contributed by atoms with Gasteiger partial charge in [0.25, 0.3) is 0 Å². The molecule has 1 fully saturated rings. The van der Waals surface area contributed by atoms with Gasteiger partial charge in [-0.25, -0.2) is 0 Å². The maximum Gasteiger partial charge on any atom is 0.0897 e. The normalized spacial score (nSPS) is 20.2. The van der Waals surface area contributed by atoms with Crippen molar-refractivity contribution in [2.75, 3.05) is 19.7 Å². The second-order valence-electron chi connectivity index (χ2n) is 5.89. The zero-order chi connectivity index (χ0) is 12.0. The summed E-state index contributed by atoms with van der Waals surface area (Å²) in [6.45, 7) is 8.13. The largest absolute Gasteiger partial charge is 0.389 e. The Morgan fingerprint density at radius 2 is 1.94 bits per heavy atom. The second-order valence-corrected chi connectivity index (χ2v) is 5.89. The lowest BCUT2D eigenvalue weighted by molar-refractivity contribution is -0.0479. The minimum Gasteiger partial charge on any atom is -0.389 e. The van der Waals surface area contributed by atoms with Gasteiger partial charge in [0.2, 0.25) is 0 Å². The average molecular weight is 229 g/mol. The van der Waals surface area contributed by atoms with Gasteiger partial charge in [-0.15, -0.1) is 0 Å². The molecular formula is C13H27NO2. The highest BCUT2D eigenvalue weighted by Gasteiger charge is 2.16. The number of hydrogen-bond acceptors (Lipinski definition) is 3. The van der Waals surface area contributed by atoms with Crippen molar-refractivity contribution in [2.45, 2.75) is 58.2 Å². The molecule has 1 atom stereocenters. The molecule has 1 rings (SSSR count). The van der Waals surface area contributed by atoms with E-state index in [1.807, 2.05) is 20.8 Å². The van der Waals surface area contributed by atoms with Crippen molar-refractivity contribution in [3.8, 4) is 0 Å².